The van der Waals surface area contributed by atoms with Gasteiger partial charge in [0.1, 0.15) is 5.60 Å². The summed E-state index contributed by atoms with van der Waals surface area (Å²) in [6, 6.07) is 17.8. The predicted molar refractivity (Wildman–Crippen MR) is 135 cm³/mol. The number of carbonyl (C=O) groups excluding carboxylic acids is 3. The lowest BCUT2D eigenvalue weighted by Crippen LogP contribution is -2.41. The van der Waals surface area contributed by atoms with Crippen molar-refractivity contribution < 1.29 is 19.1 Å². The Labute approximate surface area is 207 Å². The Morgan fingerprint density at radius 2 is 1.66 bits per heavy atom. The fourth-order valence-electron chi connectivity index (χ4n) is 5.03. The van der Waals surface area contributed by atoms with E-state index in [4.69, 9.17) is 4.74 Å². The summed E-state index contributed by atoms with van der Waals surface area (Å²) >= 11 is 0. The zero-order valence-corrected chi connectivity index (χ0v) is 21.0. The van der Waals surface area contributed by atoms with Crippen molar-refractivity contribution in [1.82, 2.24) is 10.2 Å². The second kappa shape index (κ2) is 10.1. The minimum atomic E-state index is -0.563. The number of rotatable bonds is 5. The van der Waals surface area contributed by atoms with Gasteiger partial charge in [-0.05, 0) is 56.2 Å². The Balaban J connectivity index is 1.46. The molecule has 35 heavy (non-hydrogen) atoms. The van der Waals surface area contributed by atoms with E-state index in [1.54, 1.807) is 16.8 Å². The third-order valence-corrected chi connectivity index (χ3v) is 6.85. The number of anilines is 1. The van der Waals surface area contributed by atoms with E-state index >= 15 is 0 Å². The van der Waals surface area contributed by atoms with Crippen molar-refractivity contribution in [3.8, 4) is 0 Å². The molecule has 0 bridgehead atoms. The minimum absolute atomic E-state index is 0.0669. The number of ether oxygens (including phenoxy) is 1. The molecule has 2 aromatic rings. The number of fused-ring (bicyclic) bond motifs is 1. The molecule has 1 saturated heterocycles. The van der Waals surface area contributed by atoms with E-state index in [2.05, 4.69) is 17.4 Å². The van der Waals surface area contributed by atoms with Crippen LogP contribution in [0.25, 0.3) is 0 Å². The van der Waals surface area contributed by atoms with E-state index in [-0.39, 0.29) is 36.2 Å². The fraction of sp³-hybridized carbons (Fsp3) is 0.464. The van der Waals surface area contributed by atoms with E-state index in [9.17, 15) is 14.4 Å². The molecule has 0 radical (unpaired) electrons. The molecule has 0 aliphatic carbocycles. The second-order valence-corrected chi connectivity index (χ2v) is 10.6. The summed E-state index contributed by atoms with van der Waals surface area (Å²) in [5.74, 6) is -0.442. The summed E-state index contributed by atoms with van der Waals surface area (Å²) in [5.41, 5.74) is 2.29. The fourth-order valence-corrected chi connectivity index (χ4v) is 5.03. The van der Waals surface area contributed by atoms with Gasteiger partial charge < -0.3 is 19.9 Å². The van der Waals surface area contributed by atoms with Crippen molar-refractivity contribution in [2.45, 2.75) is 45.1 Å². The maximum atomic E-state index is 13.3. The van der Waals surface area contributed by atoms with Gasteiger partial charge in [-0.1, -0.05) is 48.5 Å². The number of carbonyl (C=O) groups is 3. The topological polar surface area (TPSA) is 79.0 Å². The molecule has 0 saturated carbocycles. The average molecular weight is 478 g/mol. The Hall–Kier alpha value is -3.35. The van der Waals surface area contributed by atoms with Crippen molar-refractivity contribution >= 4 is 23.6 Å². The first-order chi connectivity index (χ1) is 16.6. The number of benzene rings is 2. The Bertz CT molecular complexity index is 1080. The average Bonchev–Trinajstić information content (AvgIpc) is 3.22. The SMILES string of the molecule is CN1C(=O)CC(C(=O)NC[C@@H]2CN(C(=O)OC(C)(C)C)C[C@H]2Cc2ccccc2)c2ccccc21. The standard InChI is InChI=1S/C28H35N3O4/c1-28(2,3)35-27(34)31-17-20(14-19-10-6-5-7-11-19)21(18-31)16-29-26(33)23-15-25(32)30(4)24-13-9-8-12-22(23)24/h5-13,20-21,23H,14-18H2,1-4H3,(H,29,33)/t20-,21-,23?/m1/s1. The van der Waals surface area contributed by atoms with Crippen LogP contribution in [0.3, 0.4) is 0 Å². The van der Waals surface area contributed by atoms with Crippen LogP contribution >= 0.6 is 0 Å². The summed E-state index contributed by atoms with van der Waals surface area (Å²) in [6.07, 6.45) is 0.650. The van der Waals surface area contributed by atoms with Crippen molar-refractivity contribution in [3.63, 3.8) is 0 Å². The molecule has 1 N–H and O–H groups in total. The highest BCUT2D eigenvalue weighted by molar-refractivity contribution is 6.02. The molecular weight excluding hydrogens is 442 g/mol. The van der Waals surface area contributed by atoms with Gasteiger partial charge >= 0.3 is 6.09 Å². The Morgan fingerprint density at radius 3 is 2.37 bits per heavy atom. The zero-order chi connectivity index (χ0) is 25.2. The first-order valence-corrected chi connectivity index (χ1v) is 12.3. The highest BCUT2D eigenvalue weighted by Crippen LogP contribution is 2.35. The third-order valence-electron chi connectivity index (χ3n) is 6.85. The lowest BCUT2D eigenvalue weighted by Gasteiger charge is -2.31. The number of hydrogen-bond acceptors (Lipinski definition) is 4. The normalized spacial score (nSPS) is 22.1. The summed E-state index contributed by atoms with van der Waals surface area (Å²) in [4.78, 5) is 41.9. The number of nitrogens with one attached hydrogen (secondary N) is 1. The molecule has 0 aromatic heterocycles. The monoisotopic (exact) mass is 477 g/mol. The predicted octanol–water partition coefficient (Wildman–Crippen LogP) is 3.98. The van der Waals surface area contributed by atoms with Gasteiger partial charge in [0.25, 0.3) is 0 Å². The molecule has 186 valence electrons. The lowest BCUT2D eigenvalue weighted by atomic mass is 9.87. The van der Waals surface area contributed by atoms with Crippen LogP contribution in [0.1, 0.15) is 44.2 Å². The van der Waals surface area contributed by atoms with E-state index in [0.29, 0.717) is 19.6 Å². The minimum Gasteiger partial charge on any atom is -0.444 e. The molecule has 2 aliphatic heterocycles. The largest absolute Gasteiger partial charge is 0.444 e. The summed E-state index contributed by atoms with van der Waals surface area (Å²) in [5, 5.41) is 3.11. The summed E-state index contributed by atoms with van der Waals surface area (Å²) in [6.45, 7) is 7.14. The van der Waals surface area contributed by atoms with Gasteiger partial charge in [0.05, 0.1) is 5.92 Å². The third kappa shape index (κ3) is 5.84. The molecule has 7 heteroatoms. The van der Waals surface area contributed by atoms with E-state index < -0.39 is 11.5 Å². The first-order valence-electron chi connectivity index (χ1n) is 12.3. The van der Waals surface area contributed by atoms with Crippen LogP contribution in [-0.4, -0.2) is 55.1 Å². The molecule has 1 unspecified atom stereocenters. The molecule has 7 nitrogen and oxygen atoms in total. The first kappa shape index (κ1) is 24.8. The number of para-hydroxylation sites is 1. The quantitative estimate of drug-likeness (QED) is 0.707. The molecular formula is C28H35N3O4. The molecule has 2 aromatic carbocycles. The molecule has 3 amide bonds. The molecule has 3 atom stereocenters. The van der Waals surface area contributed by atoms with Crippen LogP contribution in [0.4, 0.5) is 10.5 Å². The molecule has 2 aliphatic rings. The van der Waals surface area contributed by atoms with Crippen molar-refractivity contribution in [3.05, 3.63) is 65.7 Å². The maximum absolute atomic E-state index is 13.3. The van der Waals surface area contributed by atoms with Gasteiger partial charge in [0.15, 0.2) is 0 Å². The number of nitrogens with zero attached hydrogens (tertiary/aromatic N) is 2. The van der Waals surface area contributed by atoms with Crippen LogP contribution in [0.15, 0.2) is 54.6 Å². The highest BCUT2D eigenvalue weighted by atomic mass is 16.6. The molecule has 1 fully saturated rings. The lowest BCUT2D eigenvalue weighted by molar-refractivity contribution is -0.127. The number of hydrogen-bond donors (Lipinski definition) is 1. The number of amides is 3. The van der Waals surface area contributed by atoms with Crippen LogP contribution in [0, 0.1) is 11.8 Å². The zero-order valence-electron chi connectivity index (χ0n) is 21.0. The second-order valence-electron chi connectivity index (χ2n) is 10.6. The van der Waals surface area contributed by atoms with Crippen molar-refractivity contribution in [1.29, 1.82) is 0 Å². The van der Waals surface area contributed by atoms with E-state index in [1.165, 1.54) is 5.56 Å². The highest BCUT2D eigenvalue weighted by Gasteiger charge is 2.38. The summed E-state index contributed by atoms with van der Waals surface area (Å²) in [7, 11) is 1.74. The summed E-state index contributed by atoms with van der Waals surface area (Å²) < 4.78 is 5.61. The van der Waals surface area contributed by atoms with Crippen LogP contribution < -0.4 is 10.2 Å². The molecule has 0 spiro atoms. The van der Waals surface area contributed by atoms with E-state index in [1.807, 2.05) is 63.2 Å². The van der Waals surface area contributed by atoms with E-state index in [0.717, 1.165) is 17.7 Å². The Morgan fingerprint density at radius 1 is 1.00 bits per heavy atom. The van der Waals surface area contributed by atoms with Gasteiger partial charge in [-0.2, -0.15) is 0 Å². The number of likely N-dealkylation sites (tertiary alicyclic amines) is 1. The van der Waals surface area contributed by atoms with Crippen LogP contribution in [0.2, 0.25) is 0 Å². The Kier molecular flexibility index (Phi) is 7.15. The van der Waals surface area contributed by atoms with Gasteiger partial charge in [-0.15, -0.1) is 0 Å². The van der Waals surface area contributed by atoms with Crippen LogP contribution in [0.5, 0.6) is 0 Å². The smallest absolute Gasteiger partial charge is 0.410 e. The van der Waals surface area contributed by atoms with Gasteiger partial charge in [0, 0.05) is 38.8 Å². The maximum Gasteiger partial charge on any atom is 0.410 e. The van der Waals surface area contributed by atoms with Crippen molar-refractivity contribution in [2.24, 2.45) is 11.8 Å². The van der Waals surface area contributed by atoms with Gasteiger partial charge in [0.2, 0.25) is 11.8 Å². The molecule has 4 rings (SSSR count). The molecule has 2 heterocycles. The van der Waals surface area contributed by atoms with Gasteiger partial charge in [-0.25, -0.2) is 4.79 Å². The van der Waals surface area contributed by atoms with Crippen LogP contribution in [-0.2, 0) is 20.7 Å². The van der Waals surface area contributed by atoms with Crippen molar-refractivity contribution in [2.75, 3.05) is 31.6 Å². The van der Waals surface area contributed by atoms with Gasteiger partial charge in [-0.3, -0.25) is 9.59 Å².